The van der Waals surface area contributed by atoms with Gasteiger partial charge in [-0.05, 0) is 40.5 Å². The number of hydrogen-bond donors (Lipinski definition) is 2. The molecular weight excluding hydrogens is 385 g/mol. The van der Waals surface area contributed by atoms with Crippen LogP contribution in [0.5, 0.6) is 0 Å². The van der Waals surface area contributed by atoms with Crippen molar-refractivity contribution in [1.29, 1.82) is 0 Å². The molecule has 3 N–H and O–H groups in total. The second-order valence-corrected chi connectivity index (χ2v) is 6.10. The van der Waals surface area contributed by atoms with Gasteiger partial charge >= 0.3 is 0 Å². The van der Waals surface area contributed by atoms with Crippen LogP contribution in [-0.2, 0) is 4.74 Å². The molecule has 1 fully saturated rings. The van der Waals surface area contributed by atoms with E-state index in [0.717, 1.165) is 12.8 Å². The average Bonchev–Trinajstić information content (AvgIpc) is 2.92. The fourth-order valence-electron chi connectivity index (χ4n) is 2.09. The van der Waals surface area contributed by atoms with E-state index in [1.54, 1.807) is 6.92 Å². The van der Waals surface area contributed by atoms with Crippen LogP contribution in [0.15, 0.2) is 9.52 Å². The van der Waals surface area contributed by atoms with Crippen molar-refractivity contribution in [3.8, 4) is 0 Å². The van der Waals surface area contributed by atoms with Gasteiger partial charge in [-0.15, -0.1) is 24.0 Å². The van der Waals surface area contributed by atoms with Gasteiger partial charge in [0.05, 0.1) is 12.6 Å². The number of nitrogens with one attached hydrogen (secondary N) is 1. The third-order valence-electron chi connectivity index (χ3n) is 2.89. The molecular formula is C13H24IN5O2. The topological polar surface area (TPSA) is 98.6 Å². The van der Waals surface area contributed by atoms with E-state index in [1.165, 1.54) is 0 Å². The second kappa shape index (κ2) is 7.39. The first kappa shape index (κ1) is 18.1. The Labute approximate surface area is 142 Å². The predicted molar refractivity (Wildman–Crippen MR) is 90.7 cm³/mol. The number of nitrogens with zero attached hydrogens (tertiary/aromatic N) is 3. The van der Waals surface area contributed by atoms with Crippen LogP contribution in [0.2, 0.25) is 0 Å². The molecule has 0 aromatic carbocycles. The number of guanidine groups is 1. The van der Waals surface area contributed by atoms with Gasteiger partial charge in [0.15, 0.2) is 11.8 Å². The minimum absolute atomic E-state index is 0. The Morgan fingerprint density at radius 3 is 2.71 bits per heavy atom. The molecule has 0 saturated carbocycles. The summed E-state index contributed by atoms with van der Waals surface area (Å²) < 4.78 is 11.0. The molecule has 0 bridgehead atoms. The zero-order chi connectivity index (χ0) is 14.8. The monoisotopic (exact) mass is 409 g/mol. The summed E-state index contributed by atoms with van der Waals surface area (Å²) in [5, 5.41) is 6.90. The summed E-state index contributed by atoms with van der Waals surface area (Å²) in [4.78, 5) is 8.51. The highest BCUT2D eigenvalue weighted by Gasteiger charge is 2.30. The van der Waals surface area contributed by atoms with Crippen LogP contribution in [0.25, 0.3) is 0 Å². The summed E-state index contributed by atoms with van der Waals surface area (Å²) in [5.41, 5.74) is 5.74. The van der Waals surface area contributed by atoms with Crippen molar-refractivity contribution >= 4 is 29.9 Å². The first-order chi connectivity index (χ1) is 9.33. The molecule has 0 aliphatic carbocycles. The molecule has 1 aromatic heterocycles. The van der Waals surface area contributed by atoms with E-state index < -0.39 is 0 Å². The Morgan fingerprint density at radius 2 is 2.14 bits per heavy atom. The number of nitrogens with two attached hydrogens (primary N) is 1. The lowest BCUT2D eigenvalue weighted by Gasteiger charge is -2.21. The minimum Gasteiger partial charge on any atom is -0.370 e. The van der Waals surface area contributed by atoms with Gasteiger partial charge in [0.1, 0.15) is 6.10 Å². The summed E-state index contributed by atoms with van der Waals surface area (Å²) in [6.45, 7) is 8.45. The van der Waals surface area contributed by atoms with Gasteiger partial charge in [0, 0.05) is 5.54 Å². The van der Waals surface area contributed by atoms with Gasteiger partial charge in [-0.25, -0.2) is 0 Å². The largest absolute Gasteiger partial charge is 0.370 e. The van der Waals surface area contributed by atoms with Crippen LogP contribution >= 0.6 is 24.0 Å². The number of rotatable bonds is 3. The summed E-state index contributed by atoms with van der Waals surface area (Å²) in [6.07, 6.45) is 1.72. The van der Waals surface area contributed by atoms with E-state index in [2.05, 4.69) is 20.4 Å². The minimum atomic E-state index is -0.117. The van der Waals surface area contributed by atoms with Gasteiger partial charge in [-0.2, -0.15) is 4.98 Å². The smallest absolute Gasteiger partial charge is 0.255 e. The maximum Gasteiger partial charge on any atom is 0.255 e. The fourth-order valence-corrected chi connectivity index (χ4v) is 2.09. The Kier molecular flexibility index (Phi) is 6.39. The average molecular weight is 409 g/mol. The van der Waals surface area contributed by atoms with Crippen molar-refractivity contribution in [2.24, 2.45) is 10.7 Å². The molecule has 1 aliphatic rings. The number of aromatic nitrogens is 2. The highest BCUT2D eigenvalue weighted by molar-refractivity contribution is 14.0. The van der Waals surface area contributed by atoms with Crippen LogP contribution in [0.1, 0.15) is 51.4 Å². The molecule has 8 heteroatoms. The van der Waals surface area contributed by atoms with Gasteiger partial charge in [0.25, 0.3) is 5.89 Å². The first-order valence-electron chi connectivity index (χ1n) is 6.87. The third-order valence-corrected chi connectivity index (χ3v) is 2.89. The molecule has 7 nitrogen and oxygen atoms in total. The number of hydrogen-bond acceptors (Lipinski definition) is 5. The molecule has 2 atom stereocenters. The van der Waals surface area contributed by atoms with Gasteiger partial charge < -0.3 is 20.3 Å². The quantitative estimate of drug-likeness (QED) is 0.450. The van der Waals surface area contributed by atoms with Crippen LogP contribution < -0.4 is 11.1 Å². The lowest BCUT2D eigenvalue weighted by molar-refractivity contribution is 0.0309. The van der Waals surface area contributed by atoms with Crippen LogP contribution in [0.4, 0.5) is 0 Å². The van der Waals surface area contributed by atoms with Gasteiger partial charge in [-0.1, -0.05) is 5.16 Å². The Bertz CT molecular complexity index is 483. The van der Waals surface area contributed by atoms with Crippen molar-refractivity contribution in [3.63, 3.8) is 0 Å². The van der Waals surface area contributed by atoms with E-state index in [0.29, 0.717) is 24.2 Å². The van der Waals surface area contributed by atoms with Crippen molar-refractivity contribution < 1.29 is 9.26 Å². The summed E-state index contributed by atoms with van der Waals surface area (Å²) >= 11 is 0. The van der Waals surface area contributed by atoms with Gasteiger partial charge in [-0.3, -0.25) is 4.99 Å². The van der Waals surface area contributed by atoms with E-state index in [9.17, 15) is 0 Å². The zero-order valence-electron chi connectivity index (χ0n) is 12.9. The van der Waals surface area contributed by atoms with E-state index in [1.807, 2.05) is 20.8 Å². The number of halogens is 1. The highest BCUT2D eigenvalue weighted by Crippen LogP contribution is 2.31. The van der Waals surface area contributed by atoms with E-state index >= 15 is 0 Å². The fraction of sp³-hybridized carbons (Fsp3) is 0.769. The number of aliphatic imine (C=N–C) groups is 1. The lowest BCUT2D eigenvalue weighted by atomic mass is 10.1. The van der Waals surface area contributed by atoms with Crippen LogP contribution in [0.3, 0.4) is 0 Å². The Morgan fingerprint density at radius 1 is 1.43 bits per heavy atom. The maximum atomic E-state index is 5.85. The zero-order valence-corrected chi connectivity index (χ0v) is 15.3. The van der Waals surface area contributed by atoms with E-state index in [4.69, 9.17) is 15.0 Å². The molecule has 0 radical (unpaired) electrons. The molecule has 120 valence electrons. The normalized spacial score (nSPS) is 23.0. The van der Waals surface area contributed by atoms with E-state index in [-0.39, 0.29) is 41.7 Å². The third kappa shape index (κ3) is 5.77. The molecule has 0 amide bonds. The van der Waals surface area contributed by atoms with Crippen molar-refractivity contribution in [1.82, 2.24) is 15.5 Å². The van der Waals surface area contributed by atoms with Crippen molar-refractivity contribution in [3.05, 3.63) is 11.7 Å². The van der Waals surface area contributed by atoms with Crippen molar-refractivity contribution in [2.75, 3.05) is 6.54 Å². The maximum absolute atomic E-state index is 5.85. The summed E-state index contributed by atoms with van der Waals surface area (Å²) in [5.74, 6) is 1.62. The Balaban J connectivity index is 0.00000220. The molecule has 1 aromatic rings. The lowest BCUT2D eigenvalue weighted by Crippen LogP contribution is -2.45. The van der Waals surface area contributed by atoms with Crippen LogP contribution in [0, 0.1) is 6.92 Å². The summed E-state index contributed by atoms with van der Waals surface area (Å²) in [6, 6.07) is 0. The highest BCUT2D eigenvalue weighted by atomic mass is 127. The van der Waals surface area contributed by atoms with Gasteiger partial charge in [0.2, 0.25) is 0 Å². The first-order valence-corrected chi connectivity index (χ1v) is 6.87. The molecule has 2 heterocycles. The molecule has 0 unspecified atom stereocenters. The standard InChI is InChI=1S/C13H23N5O2.HI/c1-8-16-11(20-18-8)10-6-5-9(19-10)7-15-12(14)17-13(2,3)4;/h9-10H,5-7H2,1-4H3,(H3,14,15,17);1H/t9-,10+;/m1./s1. The van der Waals surface area contributed by atoms with Crippen molar-refractivity contribution in [2.45, 2.75) is 58.3 Å². The molecule has 0 spiro atoms. The molecule has 2 rings (SSSR count). The number of ether oxygens (including phenoxy) is 1. The second-order valence-electron chi connectivity index (χ2n) is 6.10. The number of aryl methyl sites for hydroxylation is 1. The Hall–Kier alpha value is -0.900. The van der Waals surface area contributed by atoms with Crippen LogP contribution in [-0.4, -0.2) is 34.3 Å². The molecule has 1 aliphatic heterocycles. The predicted octanol–water partition coefficient (Wildman–Crippen LogP) is 1.92. The summed E-state index contributed by atoms with van der Waals surface area (Å²) in [7, 11) is 0. The molecule has 1 saturated heterocycles. The SMILES string of the molecule is Cc1noc([C@@H]2CC[C@H](CN=C(N)NC(C)(C)C)O2)n1.I. The molecule has 21 heavy (non-hydrogen) atoms.